The van der Waals surface area contributed by atoms with Crippen LogP contribution in [0.15, 0.2) is 48.7 Å². The van der Waals surface area contributed by atoms with E-state index in [1.54, 1.807) is 18.4 Å². The van der Waals surface area contributed by atoms with Gasteiger partial charge in [0.25, 0.3) is 0 Å². The van der Waals surface area contributed by atoms with Crippen molar-refractivity contribution in [1.29, 1.82) is 0 Å². The molecule has 0 atom stereocenters. The summed E-state index contributed by atoms with van der Waals surface area (Å²) in [5.41, 5.74) is 2.29. The zero-order chi connectivity index (χ0) is 21.4. The van der Waals surface area contributed by atoms with E-state index in [0.29, 0.717) is 12.0 Å². The summed E-state index contributed by atoms with van der Waals surface area (Å²) in [5, 5.41) is 7.31. The molecule has 0 aliphatic carbocycles. The van der Waals surface area contributed by atoms with E-state index in [1.807, 2.05) is 24.4 Å². The number of hydrogen-bond acceptors (Lipinski definition) is 6. The Morgan fingerprint density at radius 1 is 0.967 bits per heavy atom. The van der Waals surface area contributed by atoms with Crippen LogP contribution in [0.5, 0.6) is 5.75 Å². The van der Waals surface area contributed by atoms with Crippen LogP contribution < -0.4 is 15.4 Å². The van der Waals surface area contributed by atoms with Crippen molar-refractivity contribution >= 4 is 17.3 Å². The zero-order valence-electron chi connectivity index (χ0n) is 18.3. The SMILES string of the molecule is COc1ccc(-c2ccc(-c3ccnc(NC4CC(C)(C)NC(C)(C)C4)n3)s2)cc1. The topological polar surface area (TPSA) is 59.1 Å². The van der Waals surface area contributed by atoms with Crippen LogP contribution >= 0.6 is 11.3 Å². The molecule has 0 radical (unpaired) electrons. The van der Waals surface area contributed by atoms with Gasteiger partial charge in [-0.15, -0.1) is 11.3 Å². The number of nitrogens with one attached hydrogen (secondary N) is 2. The molecule has 6 heteroatoms. The fourth-order valence-electron chi connectivity index (χ4n) is 4.56. The Balaban J connectivity index is 1.52. The lowest BCUT2D eigenvalue weighted by molar-refractivity contribution is 0.170. The van der Waals surface area contributed by atoms with Crippen molar-refractivity contribution in [3.05, 3.63) is 48.7 Å². The average molecular weight is 423 g/mol. The van der Waals surface area contributed by atoms with Crippen LogP contribution in [-0.4, -0.2) is 34.2 Å². The standard InChI is InChI=1S/C24H30N4OS/c1-23(2)14-17(15-24(3,4)28-23)26-22-25-13-12-19(27-22)21-11-10-20(30-21)16-6-8-18(29-5)9-7-16/h6-13,17,28H,14-15H2,1-5H3,(H,25,26,27). The number of aromatic nitrogens is 2. The fourth-order valence-corrected chi connectivity index (χ4v) is 5.54. The predicted molar refractivity (Wildman–Crippen MR) is 125 cm³/mol. The van der Waals surface area contributed by atoms with Crippen LogP contribution in [0.25, 0.3) is 21.0 Å². The Kier molecular flexibility index (Phi) is 5.55. The van der Waals surface area contributed by atoms with Gasteiger partial charge in [-0.25, -0.2) is 9.97 Å². The Labute approximate surface area is 182 Å². The average Bonchev–Trinajstić information content (AvgIpc) is 3.16. The first-order valence-electron chi connectivity index (χ1n) is 10.4. The van der Waals surface area contributed by atoms with Gasteiger partial charge in [-0.3, -0.25) is 0 Å². The van der Waals surface area contributed by atoms with Crippen LogP contribution in [0.4, 0.5) is 5.95 Å². The van der Waals surface area contributed by atoms with Gasteiger partial charge in [0.1, 0.15) is 5.75 Å². The number of benzene rings is 1. The van der Waals surface area contributed by atoms with Gasteiger partial charge in [0, 0.05) is 28.2 Å². The largest absolute Gasteiger partial charge is 0.497 e. The van der Waals surface area contributed by atoms with Gasteiger partial charge in [0.05, 0.1) is 17.7 Å². The maximum Gasteiger partial charge on any atom is 0.223 e. The van der Waals surface area contributed by atoms with E-state index >= 15 is 0 Å². The molecule has 0 bridgehead atoms. The molecular weight excluding hydrogens is 392 g/mol. The van der Waals surface area contributed by atoms with Crippen molar-refractivity contribution in [1.82, 2.24) is 15.3 Å². The second kappa shape index (κ2) is 8.00. The lowest BCUT2D eigenvalue weighted by atomic mass is 9.80. The summed E-state index contributed by atoms with van der Waals surface area (Å²) in [6.45, 7) is 9.02. The number of ether oxygens (including phenoxy) is 1. The summed E-state index contributed by atoms with van der Waals surface area (Å²) in [6.07, 6.45) is 3.91. The third-order valence-corrected chi connectivity index (χ3v) is 6.57. The van der Waals surface area contributed by atoms with Crippen LogP contribution in [0.2, 0.25) is 0 Å². The van der Waals surface area contributed by atoms with Gasteiger partial charge in [-0.1, -0.05) is 0 Å². The molecule has 0 amide bonds. The highest BCUT2D eigenvalue weighted by Crippen LogP contribution is 2.35. The van der Waals surface area contributed by atoms with Gasteiger partial charge >= 0.3 is 0 Å². The molecule has 4 rings (SSSR count). The van der Waals surface area contributed by atoms with Crippen molar-refractivity contribution < 1.29 is 4.74 Å². The van der Waals surface area contributed by atoms with Gasteiger partial charge in [0.15, 0.2) is 0 Å². The maximum atomic E-state index is 5.26. The van der Waals surface area contributed by atoms with Crippen molar-refractivity contribution in [2.45, 2.75) is 57.7 Å². The Bertz CT molecular complexity index is 994. The minimum absolute atomic E-state index is 0.0814. The van der Waals surface area contributed by atoms with E-state index in [-0.39, 0.29) is 11.1 Å². The second-order valence-electron chi connectivity index (χ2n) is 9.30. The summed E-state index contributed by atoms with van der Waals surface area (Å²) in [5.74, 6) is 1.57. The van der Waals surface area contributed by atoms with Crippen molar-refractivity contribution in [3.8, 4) is 26.8 Å². The third-order valence-electron chi connectivity index (χ3n) is 5.41. The monoisotopic (exact) mass is 422 g/mol. The van der Waals surface area contributed by atoms with E-state index in [0.717, 1.165) is 29.2 Å². The van der Waals surface area contributed by atoms with Crippen LogP contribution in [0.1, 0.15) is 40.5 Å². The summed E-state index contributed by atoms with van der Waals surface area (Å²) >= 11 is 1.74. The Hall–Kier alpha value is -2.44. The first-order valence-corrected chi connectivity index (χ1v) is 11.2. The van der Waals surface area contributed by atoms with Crippen LogP contribution in [0, 0.1) is 0 Å². The van der Waals surface area contributed by atoms with Gasteiger partial charge < -0.3 is 15.4 Å². The lowest BCUT2D eigenvalue weighted by Crippen LogP contribution is -2.60. The number of methoxy groups -OCH3 is 1. The van der Waals surface area contributed by atoms with E-state index in [9.17, 15) is 0 Å². The zero-order valence-corrected chi connectivity index (χ0v) is 19.1. The van der Waals surface area contributed by atoms with Gasteiger partial charge in [-0.05, 0) is 88.6 Å². The lowest BCUT2D eigenvalue weighted by Gasteiger charge is -2.46. The molecule has 1 fully saturated rings. The fraction of sp³-hybridized carbons (Fsp3) is 0.417. The molecule has 30 heavy (non-hydrogen) atoms. The molecule has 1 saturated heterocycles. The van der Waals surface area contributed by atoms with Gasteiger partial charge in [0.2, 0.25) is 5.95 Å². The first-order chi connectivity index (χ1) is 14.2. The number of piperidine rings is 1. The summed E-state index contributed by atoms with van der Waals surface area (Å²) < 4.78 is 5.26. The minimum atomic E-state index is 0.0814. The molecule has 0 spiro atoms. The van der Waals surface area contributed by atoms with E-state index in [1.165, 1.54) is 10.4 Å². The molecule has 2 N–H and O–H groups in total. The molecular formula is C24H30N4OS. The van der Waals surface area contributed by atoms with Crippen LogP contribution in [0.3, 0.4) is 0 Å². The number of thiophene rings is 1. The molecule has 5 nitrogen and oxygen atoms in total. The van der Waals surface area contributed by atoms with E-state index < -0.39 is 0 Å². The highest BCUT2D eigenvalue weighted by molar-refractivity contribution is 7.18. The molecule has 3 aromatic rings. The van der Waals surface area contributed by atoms with E-state index in [4.69, 9.17) is 9.72 Å². The predicted octanol–water partition coefficient (Wildman–Crippen LogP) is 5.60. The van der Waals surface area contributed by atoms with E-state index in [2.05, 4.69) is 67.6 Å². The maximum absolute atomic E-state index is 5.26. The Morgan fingerprint density at radius 3 is 2.30 bits per heavy atom. The quantitative estimate of drug-likeness (QED) is 0.560. The molecule has 3 heterocycles. The molecule has 1 aliphatic rings. The van der Waals surface area contributed by atoms with Crippen molar-refractivity contribution in [2.75, 3.05) is 12.4 Å². The van der Waals surface area contributed by atoms with Crippen molar-refractivity contribution in [3.63, 3.8) is 0 Å². The molecule has 1 aliphatic heterocycles. The second-order valence-corrected chi connectivity index (χ2v) is 10.4. The molecule has 0 unspecified atom stereocenters. The molecule has 0 saturated carbocycles. The Morgan fingerprint density at radius 2 is 1.63 bits per heavy atom. The smallest absolute Gasteiger partial charge is 0.223 e. The summed E-state index contributed by atoms with van der Waals surface area (Å²) in [7, 11) is 1.69. The summed E-state index contributed by atoms with van der Waals surface area (Å²) in [4.78, 5) is 11.6. The number of hydrogen-bond donors (Lipinski definition) is 2. The normalized spacial score (nSPS) is 18.2. The molecule has 2 aromatic heterocycles. The number of anilines is 1. The van der Waals surface area contributed by atoms with Gasteiger partial charge in [-0.2, -0.15) is 0 Å². The highest BCUT2D eigenvalue weighted by Gasteiger charge is 2.37. The number of nitrogens with zero attached hydrogens (tertiary/aromatic N) is 2. The number of rotatable bonds is 5. The molecule has 1 aromatic carbocycles. The minimum Gasteiger partial charge on any atom is -0.497 e. The summed E-state index contributed by atoms with van der Waals surface area (Å²) in [6, 6.07) is 14.7. The van der Waals surface area contributed by atoms with Crippen molar-refractivity contribution in [2.24, 2.45) is 0 Å². The first kappa shape index (κ1) is 20.8. The van der Waals surface area contributed by atoms with Crippen LogP contribution in [-0.2, 0) is 0 Å². The highest BCUT2D eigenvalue weighted by atomic mass is 32.1. The third kappa shape index (κ3) is 4.82. The molecule has 158 valence electrons.